The quantitative estimate of drug-likeness (QED) is 0.837. The molecule has 0 spiro atoms. The number of aryl methyl sites for hydroxylation is 2. The van der Waals surface area contributed by atoms with Crippen LogP contribution >= 0.6 is 0 Å². The standard InChI is InChI=1S/C19H22F2N2O2/c1-12-18(13(2)25-22-12)19(24)23-10-4-5-14(11-23)8-9-15-16(20)6-3-7-17(15)21/h3,6-7,14H,4-5,8-11H2,1-2H3. The number of amides is 1. The molecule has 0 radical (unpaired) electrons. The van der Waals surface area contributed by atoms with Gasteiger partial charge in [0.05, 0.1) is 5.69 Å². The Balaban J connectivity index is 1.64. The summed E-state index contributed by atoms with van der Waals surface area (Å²) < 4.78 is 32.6. The van der Waals surface area contributed by atoms with E-state index in [1.54, 1.807) is 18.7 Å². The van der Waals surface area contributed by atoms with Gasteiger partial charge >= 0.3 is 0 Å². The number of hydrogen-bond acceptors (Lipinski definition) is 3. The van der Waals surface area contributed by atoms with E-state index in [4.69, 9.17) is 4.52 Å². The van der Waals surface area contributed by atoms with Crippen molar-refractivity contribution in [3.63, 3.8) is 0 Å². The van der Waals surface area contributed by atoms with Crippen molar-refractivity contribution in [3.05, 3.63) is 52.4 Å². The fourth-order valence-corrected chi connectivity index (χ4v) is 3.55. The molecule has 1 atom stereocenters. The summed E-state index contributed by atoms with van der Waals surface area (Å²) in [5.74, 6) is -0.313. The number of hydrogen-bond donors (Lipinski definition) is 0. The zero-order valence-electron chi connectivity index (χ0n) is 14.5. The first-order valence-corrected chi connectivity index (χ1v) is 8.62. The fourth-order valence-electron chi connectivity index (χ4n) is 3.55. The number of aromatic nitrogens is 1. The number of likely N-dealkylation sites (tertiary alicyclic amines) is 1. The Labute approximate surface area is 145 Å². The van der Waals surface area contributed by atoms with E-state index in [9.17, 15) is 13.6 Å². The molecule has 1 amide bonds. The number of carbonyl (C=O) groups is 1. The highest BCUT2D eigenvalue weighted by molar-refractivity contribution is 5.96. The van der Waals surface area contributed by atoms with Crippen LogP contribution in [0.3, 0.4) is 0 Å². The lowest BCUT2D eigenvalue weighted by atomic mass is 9.91. The highest BCUT2D eigenvalue weighted by Crippen LogP contribution is 2.25. The predicted octanol–water partition coefficient (Wildman–Crippen LogP) is 4.05. The maximum absolute atomic E-state index is 13.8. The van der Waals surface area contributed by atoms with Crippen LogP contribution in [-0.2, 0) is 6.42 Å². The van der Waals surface area contributed by atoms with Gasteiger partial charge in [-0.25, -0.2) is 8.78 Å². The summed E-state index contributed by atoms with van der Waals surface area (Å²) in [5.41, 5.74) is 1.26. The van der Waals surface area contributed by atoms with Gasteiger partial charge < -0.3 is 9.42 Å². The molecule has 1 unspecified atom stereocenters. The zero-order chi connectivity index (χ0) is 18.0. The Hall–Kier alpha value is -2.24. The summed E-state index contributed by atoms with van der Waals surface area (Å²) in [5, 5.41) is 3.84. The van der Waals surface area contributed by atoms with Crippen LogP contribution in [0, 0.1) is 31.4 Å². The van der Waals surface area contributed by atoms with E-state index in [2.05, 4.69) is 5.16 Å². The molecule has 2 aromatic rings. The lowest BCUT2D eigenvalue weighted by Gasteiger charge is -2.33. The third kappa shape index (κ3) is 3.72. The zero-order valence-corrected chi connectivity index (χ0v) is 14.5. The molecule has 6 heteroatoms. The van der Waals surface area contributed by atoms with Gasteiger partial charge in [0.25, 0.3) is 5.91 Å². The van der Waals surface area contributed by atoms with E-state index in [1.165, 1.54) is 18.2 Å². The molecule has 25 heavy (non-hydrogen) atoms. The first-order valence-electron chi connectivity index (χ1n) is 8.62. The van der Waals surface area contributed by atoms with Gasteiger partial charge in [0.1, 0.15) is 23.0 Å². The lowest BCUT2D eigenvalue weighted by molar-refractivity contribution is 0.0665. The van der Waals surface area contributed by atoms with Crippen LogP contribution in [0.4, 0.5) is 8.78 Å². The van der Waals surface area contributed by atoms with Crippen LogP contribution in [0.2, 0.25) is 0 Å². The number of rotatable bonds is 4. The minimum absolute atomic E-state index is 0.0713. The Morgan fingerprint density at radius 1 is 1.32 bits per heavy atom. The van der Waals surface area contributed by atoms with E-state index in [0.717, 1.165) is 12.8 Å². The van der Waals surface area contributed by atoms with Crippen LogP contribution in [0.25, 0.3) is 0 Å². The second kappa shape index (κ2) is 7.33. The molecule has 0 bridgehead atoms. The van der Waals surface area contributed by atoms with Crippen LogP contribution in [-0.4, -0.2) is 29.1 Å². The third-order valence-electron chi connectivity index (χ3n) is 4.92. The molecule has 1 aliphatic rings. The summed E-state index contributed by atoms with van der Waals surface area (Å²) in [6.45, 7) is 4.77. The van der Waals surface area contributed by atoms with Crippen molar-refractivity contribution >= 4 is 5.91 Å². The maximum atomic E-state index is 13.8. The minimum atomic E-state index is -0.500. The van der Waals surface area contributed by atoms with Crippen LogP contribution in [0.15, 0.2) is 22.7 Å². The minimum Gasteiger partial charge on any atom is -0.361 e. The molecule has 1 aliphatic heterocycles. The Morgan fingerprint density at radius 3 is 2.68 bits per heavy atom. The largest absolute Gasteiger partial charge is 0.361 e. The molecule has 0 aliphatic carbocycles. The second-order valence-electron chi connectivity index (χ2n) is 6.70. The Kier molecular flexibility index (Phi) is 5.16. The highest BCUT2D eigenvalue weighted by Gasteiger charge is 2.28. The van der Waals surface area contributed by atoms with Crippen molar-refractivity contribution in [1.82, 2.24) is 10.1 Å². The topological polar surface area (TPSA) is 46.3 Å². The number of benzene rings is 1. The molecule has 134 valence electrons. The van der Waals surface area contributed by atoms with Gasteiger partial charge in [0, 0.05) is 18.7 Å². The number of halogens is 2. The molecular weight excluding hydrogens is 326 g/mol. The SMILES string of the molecule is Cc1noc(C)c1C(=O)N1CCCC(CCc2c(F)cccc2F)C1. The average molecular weight is 348 g/mol. The molecule has 0 N–H and O–H groups in total. The monoisotopic (exact) mass is 348 g/mol. The summed E-state index contributed by atoms with van der Waals surface area (Å²) >= 11 is 0. The van der Waals surface area contributed by atoms with Gasteiger partial charge in [0.15, 0.2) is 0 Å². The summed E-state index contributed by atoms with van der Waals surface area (Å²) in [7, 11) is 0. The fraction of sp³-hybridized carbons (Fsp3) is 0.474. The van der Waals surface area contributed by atoms with E-state index >= 15 is 0 Å². The van der Waals surface area contributed by atoms with Crippen molar-refractivity contribution < 1.29 is 18.1 Å². The molecular formula is C19H22F2N2O2. The third-order valence-corrected chi connectivity index (χ3v) is 4.92. The number of carbonyl (C=O) groups excluding carboxylic acids is 1. The van der Waals surface area contributed by atoms with Gasteiger partial charge in [0.2, 0.25) is 0 Å². The number of piperidine rings is 1. The van der Waals surface area contributed by atoms with Crippen LogP contribution in [0.5, 0.6) is 0 Å². The van der Waals surface area contributed by atoms with Crippen molar-refractivity contribution in [2.75, 3.05) is 13.1 Å². The van der Waals surface area contributed by atoms with E-state index in [-0.39, 0.29) is 17.4 Å². The maximum Gasteiger partial charge on any atom is 0.259 e. The molecule has 0 saturated carbocycles. The molecule has 1 saturated heterocycles. The van der Waals surface area contributed by atoms with Crippen molar-refractivity contribution in [1.29, 1.82) is 0 Å². The summed E-state index contributed by atoms with van der Waals surface area (Å²) in [4.78, 5) is 14.5. The molecule has 4 nitrogen and oxygen atoms in total. The van der Waals surface area contributed by atoms with Gasteiger partial charge in [-0.3, -0.25) is 4.79 Å². The normalized spacial score (nSPS) is 17.8. The van der Waals surface area contributed by atoms with Crippen molar-refractivity contribution in [2.45, 2.75) is 39.5 Å². The summed E-state index contributed by atoms with van der Waals surface area (Å²) in [6.07, 6.45) is 2.85. The average Bonchev–Trinajstić information content (AvgIpc) is 2.93. The van der Waals surface area contributed by atoms with Crippen LogP contribution < -0.4 is 0 Å². The lowest BCUT2D eigenvalue weighted by Crippen LogP contribution is -2.40. The predicted molar refractivity (Wildman–Crippen MR) is 89.3 cm³/mol. The smallest absolute Gasteiger partial charge is 0.259 e. The molecule has 1 fully saturated rings. The molecule has 3 rings (SSSR count). The Morgan fingerprint density at radius 2 is 2.04 bits per heavy atom. The van der Waals surface area contributed by atoms with E-state index < -0.39 is 11.6 Å². The van der Waals surface area contributed by atoms with Crippen LogP contribution in [0.1, 0.15) is 46.6 Å². The van der Waals surface area contributed by atoms with Gasteiger partial charge in [-0.15, -0.1) is 0 Å². The van der Waals surface area contributed by atoms with Crippen molar-refractivity contribution in [2.24, 2.45) is 5.92 Å². The molecule has 1 aromatic carbocycles. The highest BCUT2D eigenvalue weighted by atomic mass is 19.1. The first kappa shape index (κ1) is 17.6. The van der Waals surface area contributed by atoms with E-state index in [1.807, 2.05) is 0 Å². The first-order chi connectivity index (χ1) is 12.0. The molecule has 1 aromatic heterocycles. The number of nitrogens with zero attached hydrogens (tertiary/aromatic N) is 2. The van der Waals surface area contributed by atoms with Gasteiger partial charge in [-0.1, -0.05) is 11.2 Å². The summed E-state index contributed by atoms with van der Waals surface area (Å²) in [6, 6.07) is 3.94. The second-order valence-corrected chi connectivity index (χ2v) is 6.70. The Bertz CT molecular complexity index is 733. The van der Waals surface area contributed by atoms with Crippen molar-refractivity contribution in [3.8, 4) is 0 Å². The van der Waals surface area contributed by atoms with Gasteiger partial charge in [-0.2, -0.15) is 0 Å². The van der Waals surface area contributed by atoms with Gasteiger partial charge in [-0.05, 0) is 57.6 Å². The molecule has 2 heterocycles. The van der Waals surface area contributed by atoms with E-state index in [0.29, 0.717) is 42.9 Å².